The molecule has 2 aromatic carbocycles. The van der Waals surface area contributed by atoms with E-state index in [2.05, 4.69) is 17.5 Å². The molecule has 4 heteroatoms. The molecule has 0 spiro atoms. The quantitative estimate of drug-likeness (QED) is 0.946. The van der Waals surface area contributed by atoms with E-state index < -0.39 is 0 Å². The first-order chi connectivity index (χ1) is 10.8. The lowest BCUT2D eigenvalue weighted by atomic mass is 10.0. The summed E-state index contributed by atoms with van der Waals surface area (Å²) in [7, 11) is 0. The maximum atomic E-state index is 12.5. The Balaban J connectivity index is 1.72. The number of aryl methyl sites for hydroxylation is 1. The summed E-state index contributed by atoms with van der Waals surface area (Å²) in [4.78, 5) is 14.3. The van der Waals surface area contributed by atoms with Crippen molar-refractivity contribution in [3.63, 3.8) is 0 Å². The molecular weight excluding hydrogens is 274 g/mol. The van der Waals surface area contributed by atoms with Gasteiger partial charge in [-0.2, -0.15) is 5.26 Å². The van der Waals surface area contributed by atoms with E-state index in [1.165, 1.54) is 5.56 Å². The number of hydrogen-bond acceptors (Lipinski definition) is 3. The highest BCUT2D eigenvalue weighted by atomic mass is 16.2. The number of nitrogens with one attached hydrogen (secondary N) is 1. The number of hydrogen-bond donors (Lipinski definition) is 1. The molecule has 1 N–H and O–H groups in total. The van der Waals surface area contributed by atoms with Crippen molar-refractivity contribution in [2.75, 3.05) is 23.3 Å². The van der Waals surface area contributed by atoms with Gasteiger partial charge in [-0.3, -0.25) is 4.79 Å². The van der Waals surface area contributed by atoms with Crippen molar-refractivity contribution in [1.29, 1.82) is 5.26 Å². The van der Waals surface area contributed by atoms with Gasteiger partial charge in [0.05, 0.1) is 17.8 Å². The van der Waals surface area contributed by atoms with Crippen molar-refractivity contribution in [2.24, 2.45) is 0 Å². The first-order valence-electron chi connectivity index (χ1n) is 7.41. The summed E-state index contributed by atoms with van der Waals surface area (Å²) in [6, 6.07) is 17.4. The third-order valence-corrected chi connectivity index (χ3v) is 3.89. The highest BCUT2D eigenvalue weighted by Gasteiger charge is 2.21. The molecule has 1 aliphatic rings. The minimum Gasteiger partial charge on any atom is -0.375 e. The zero-order chi connectivity index (χ0) is 15.4. The lowest BCUT2D eigenvalue weighted by molar-refractivity contribution is -0.117. The van der Waals surface area contributed by atoms with E-state index in [4.69, 9.17) is 5.26 Å². The first kappa shape index (κ1) is 14.2. The topological polar surface area (TPSA) is 56.1 Å². The van der Waals surface area contributed by atoms with Gasteiger partial charge in [0, 0.05) is 12.2 Å². The van der Waals surface area contributed by atoms with E-state index in [9.17, 15) is 4.79 Å². The molecule has 1 heterocycles. The van der Waals surface area contributed by atoms with Crippen LogP contribution in [0, 0.1) is 11.3 Å². The van der Waals surface area contributed by atoms with Crippen LogP contribution in [0.1, 0.15) is 17.5 Å². The Morgan fingerprint density at radius 3 is 2.82 bits per heavy atom. The Bertz CT molecular complexity index is 733. The Hall–Kier alpha value is -2.80. The van der Waals surface area contributed by atoms with Gasteiger partial charge in [-0.25, -0.2) is 0 Å². The maximum Gasteiger partial charge on any atom is 0.246 e. The van der Waals surface area contributed by atoms with Gasteiger partial charge in [0.1, 0.15) is 6.07 Å². The molecule has 0 radical (unpaired) electrons. The molecule has 22 heavy (non-hydrogen) atoms. The molecule has 4 nitrogen and oxygen atoms in total. The Morgan fingerprint density at radius 1 is 1.18 bits per heavy atom. The number of anilines is 2. The number of rotatable bonds is 3. The maximum absolute atomic E-state index is 12.5. The van der Waals surface area contributed by atoms with Crippen LogP contribution < -0.4 is 10.2 Å². The van der Waals surface area contributed by atoms with Crippen LogP contribution >= 0.6 is 0 Å². The van der Waals surface area contributed by atoms with E-state index in [-0.39, 0.29) is 12.5 Å². The molecule has 0 atom stereocenters. The lowest BCUT2D eigenvalue weighted by Gasteiger charge is -2.29. The van der Waals surface area contributed by atoms with Gasteiger partial charge in [-0.15, -0.1) is 0 Å². The van der Waals surface area contributed by atoms with E-state index >= 15 is 0 Å². The number of fused-ring (bicyclic) bond motifs is 1. The normalized spacial score (nSPS) is 13.1. The smallest absolute Gasteiger partial charge is 0.246 e. The fourth-order valence-electron chi connectivity index (χ4n) is 2.79. The summed E-state index contributed by atoms with van der Waals surface area (Å²) in [5.41, 5.74) is 3.48. The van der Waals surface area contributed by atoms with Crippen molar-refractivity contribution in [3.05, 3.63) is 59.7 Å². The van der Waals surface area contributed by atoms with Gasteiger partial charge in [-0.05, 0) is 36.6 Å². The van der Waals surface area contributed by atoms with Crippen LogP contribution in [0.25, 0.3) is 0 Å². The predicted octanol–water partition coefficient (Wildman–Crippen LogP) is 2.95. The molecule has 0 bridgehead atoms. The van der Waals surface area contributed by atoms with Gasteiger partial charge >= 0.3 is 0 Å². The van der Waals surface area contributed by atoms with Crippen LogP contribution in [-0.4, -0.2) is 19.0 Å². The van der Waals surface area contributed by atoms with E-state index in [1.54, 1.807) is 6.07 Å². The summed E-state index contributed by atoms with van der Waals surface area (Å²) < 4.78 is 0. The average molecular weight is 291 g/mol. The Kier molecular flexibility index (Phi) is 4.06. The summed E-state index contributed by atoms with van der Waals surface area (Å²) in [6.45, 7) is 0.935. The number of para-hydroxylation sites is 2. The predicted molar refractivity (Wildman–Crippen MR) is 86.8 cm³/mol. The van der Waals surface area contributed by atoms with Gasteiger partial charge in [0.15, 0.2) is 0 Å². The van der Waals surface area contributed by atoms with Crippen LogP contribution in [0.3, 0.4) is 0 Å². The highest BCUT2D eigenvalue weighted by molar-refractivity contribution is 5.97. The van der Waals surface area contributed by atoms with Gasteiger partial charge < -0.3 is 10.2 Å². The second-order valence-corrected chi connectivity index (χ2v) is 5.29. The number of nitriles is 1. The van der Waals surface area contributed by atoms with Gasteiger partial charge in [0.2, 0.25) is 5.91 Å². The minimum atomic E-state index is 0.0277. The average Bonchev–Trinajstić information content (AvgIpc) is 2.59. The third kappa shape index (κ3) is 2.79. The van der Waals surface area contributed by atoms with Crippen LogP contribution in [0.2, 0.25) is 0 Å². The third-order valence-electron chi connectivity index (χ3n) is 3.89. The second kappa shape index (κ2) is 6.31. The van der Waals surface area contributed by atoms with Crippen molar-refractivity contribution in [3.8, 4) is 6.07 Å². The number of carbonyl (C=O) groups excluding carboxylic acids is 1. The largest absolute Gasteiger partial charge is 0.375 e. The molecule has 1 amide bonds. The van der Waals surface area contributed by atoms with Gasteiger partial charge in [-0.1, -0.05) is 30.3 Å². The summed E-state index contributed by atoms with van der Waals surface area (Å²) in [5.74, 6) is 0.0277. The molecule has 0 saturated carbocycles. The van der Waals surface area contributed by atoms with E-state index in [1.807, 2.05) is 41.3 Å². The molecule has 0 saturated heterocycles. The standard InChI is InChI=1S/C18H17N3O/c19-12-15-7-1-3-9-16(15)20-13-18(22)21-11-5-8-14-6-2-4-10-17(14)21/h1-4,6-7,9-10,20H,5,8,11,13H2. The fourth-order valence-corrected chi connectivity index (χ4v) is 2.79. The Morgan fingerprint density at radius 2 is 1.95 bits per heavy atom. The molecule has 0 aliphatic carbocycles. The van der Waals surface area contributed by atoms with Crippen molar-refractivity contribution < 1.29 is 4.79 Å². The lowest BCUT2D eigenvalue weighted by Crippen LogP contribution is -2.39. The second-order valence-electron chi connectivity index (χ2n) is 5.29. The molecule has 1 aliphatic heterocycles. The van der Waals surface area contributed by atoms with Crippen LogP contribution in [0.15, 0.2) is 48.5 Å². The molecule has 2 aromatic rings. The van der Waals surface area contributed by atoms with Crippen LogP contribution in [-0.2, 0) is 11.2 Å². The molecule has 110 valence electrons. The van der Waals surface area contributed by atoms with E-state index in [0.29, 0.717) is 11.3 Å². The Labute approximate surface area is 130 Å². The monoisotopic (exact) mass is 291 g/mol. The molecule has 3 rings (SSSR count). The number of nitrogens with zero attached hydrogens (tertiary/aromatic N) is 2. The number of amides is 1. The SMILES string of the molecule is N#Cc1ccccc1NCC(=O)N1CCCc2ccccc21. The van der Waals surface area contributed by atoms with Crippen molar-refractivity contribution in [2.45, 2.75) is 12.8 Å². The number of carbonyl (C=O) groups is 1. The van der Waals surface area contributed by atoms with Crippen LogP contribution in [0.5, 0.6) is 0 Å². The first-order valence-corrected chi connectivity index (χ1v) is 7.41. The number of benzene rings is 2. The summed E-state index contributed by atoms with van der Waals surface area (Å²) in [5, 5.41) is 12.2. The molecule has 0 aromatic heterocycles. The van der Waals surface area contributed by atoms with Crippen molar-refractivity contribution in [1.82, 2.24) is 0 Å². The molecular formula is C18H17N3O. The molecule has 0 fully saturated rings. The van der Waals surface area contributed by atoms with Crippen LogP contribution in [0.4, 0.5) is 11.4 Å². The zero-order valence-electron chi connectivity index (χ0n) is 12.2. The zero-order valence-corrected chi connectivity index (χ0v) is 12.2. The fraction of sp³-hybridized carbons (Fsp3) is 0.222. The highest BCUT2D eigenvalue weighted by Crippen LogP contribution is 2.26. The van der Waals surface area contributed by atoms with E-state index in [0.717, 1.165) is 25.1 Å². The minimum absolute atomic E-state index is 0.0277. The molecule has 0 unspecified atom stereocenters. The van der Waals surface area contributed by atoms with Crippen molar-refractivity contribution >= 4 is 17.3 Å². The van der Waals surface area contributed by atoms with Gasteiger partial charge in [0.25, 0.3) is 0 Å². The summed E-state index contributed by atoms with van der Waals surface area (Å²) in [6.07, 6.45) is 2.00. The summed E-state index contributed by atoms with van der Waals surface area (Å²) >= 11 is 0.